The summed E-state index contributed by atoms with van der Waals surface area (Å²) in [4.78, 5) is 9.14. The predicted molar refractivity (Wildman–Crippen MR) is 97.3 cm³/mol. The molecule has 0 aliphatic carbocycles. The molecule has 1 aliphatic heterocycles. The molecule has 1 fully saturated rings. The zero-order valence-corrected chi connectivity index (χ0v) is 15.3. The molecular weight excluding hydrogens is 318 g/mol. The highest BCUT2D eigenvalue weighted by Gasteiger charge is 2.23. The van der Waals surface area contributed by atoms with Crippen molar-refractivity contribution < 1.29 is 9.47 Å². The van der Waals surface area contributed by atoms with Crippen molar-refractivity contribution in [2.24, 2.45) is 0 Å². The molecule has 25 heavy (non-hydrogen) atoms. The first-order valence-electron chi connectivity index (χ1n) is 8.46. The van der Waals surface area contributed by atoms with Gasteiger partial charge >= 0.3 is 0 Å². The van der Waals surface area contributed by atoms with Gasteiger partial charge in [0.25, 0.3) is 0 Å². The summed E-state index contributed by atoms with van der Waals surface area (Å²) >= 11 is 0. The molecule has 0 amide bonds. The van der Waals surface area contributed by atoms with Crippen LogP contribution in [0.5, 0.6) is 11.5 Å². The molecule has 1 aliphatic rings. The van der Waals surface area contributed by atoms with Gasteiger partial charge in [-0.1, -0.05) is 0 Å². The summed E-state index contributed by atoms with van der Waals surface area (Å²) in [5.74, 6) is 1.99. The third-order valence-corrected chi connectivity index (χ3v) is 4.72. The Hall–Kier alpha value is -2.41. The van der Waals surface area contributed by atoms with E-state index in [1.165, 1.54) is 12.8 Å². The number of anilines is 1. The monoisotopic (exact) mass is 343 g/mol. The van der Waals surface area contributed by atoms with Gasteiger partial charge in [-0.2, -0.15) is 5.10 Å². The first-order chi connectivity index (χ1) is 12.1. The van der Waals surface area contributed by atoms with Crippen LogP contribution < -0.4 is 14.4 Å². The lowest BCUT2D eigenvalue weighted by atomic mass is 10.1. The number of benzene rings is 1. The number of likely N-dealkylation sites (tertiary alicyclic amines) is 1. The van der Waals surface area contributed by atoms with Crippen molar-refractivity contribution in [2.45, 2.75) is 18.9 Å². The van der Waals surface area contributed by atoms with Crippen LogP contribution in [0.3, 0.4) is 0 Å². The maximum atomic E-state index is 5.37. The van der Waals surface area contributed by atoms with E-state index >= 15 is 0 Å². The number of nitrogens with zero attached hydrogens (tertiary/aromatic N) is 5. The Labute approximate surface area is 148 Å². The molecule has 0 saturated carbocycles. The van der Waals surface area contributed by atoms with Crippen LogP contribution in [0.25, 0.3) is 11.3 Å². The molecule has 1 aromatic heterocycles. The smallest absolute Gasteiger partial charge is 0.245 e. The summed E-state index contributed by atoms with van der Waals surface area (Å²) in [6, 6.07) is 6.25. The van der Waals surface area contributed by atoms with E-state index in [0.29, 0.717) is 23.5 Å². The molecule has 0 N–H and O–H groups in total. The zero-order valence-electron chi connectivity index (χ0n) is 15.3. The fraction of sp³-hybridized carbons (Fsp3) is 0.500. The Balaban J connectivity index is 1.81. The van der Waals surface area contributed by atoms with Crippen LogP contribution in [-0.2, 0) is 0 Å². The summed E-state index contributed by atoms with van der Waals surface area (Å²) in [7, 11) is 7.43. The van der Waals surface area contributed by atoms with E-state index in [1.807, 2.05) is 25.2 Å². The van der Waals surface area contributed by atoms with Gasteiger partial charge in [0.15, 0.2) is 11.5 Å². The summed E-state index contributed by atoms with van der Waals surface area (Å²) in [5, 5.41) is 8.33. The van der Waals surface area contributed by atoms with Crippen molar-refractivity contribution >= 4 is 5.95 Å². The minimum Gasteiger partial charge on any atom is -0.493 e. The molecule has 7 heteroatoms. The second kappa shape index (κ2) is 7.65. The third-order valence-electron chi connectivity index (χ3n) is 4.72. The fourth-order valence-corrected chi connectivity index (χ4v) is 3.20. The van der Waals surface area contributed by atoms with Crippen LogP contribution in [0.15, 0.2) is 24.4 Å². The largest absolute Gasteiger partial charge is 0.493 e. The summed E-state index contributed by atoms with van der Waals surface area (Å²) in [5.41, 5.74) is 1.68. The molecule has 2 heterocycles. The highest BCUT2D eigenvalue weighted by atomic mass is 16.5. The second-order valence-corrected chi connectivity index (χ2v) is 6.37. The molecule has 1 atom stereocenters. The van der Waals surface area contributed by atoms with Gasteiger partial charge in [-0.15, -0.1) is 5.10 Å². The number of hydrogen-bond donors (Lipinski definition) is 0. The van der Waals surface area contributed by atoms with E-state index in [4.69, 9.17) is 9.47 Å². The van der Waals surface area contributed by atoms with Crippen LogP contribution in [0, 0.1) is 0 Å². The minimum absolute atomic E-state index is 0.540. The van der Waals surface area contributed by atoms with E-state index in [2.05, 4.69) is 32.0 Å². The number of rotatable bonds is 6. The average molecular weight is 343 g/mol. The lowest BCUT2D eigenvalue weighted by molar-refractivity contribution is 0.313. The van der Waals surface area contributed by atoms with Crippen LogP contribution in [-0.4, -0.2) is 67.5 Å². The number of methoxy groups -OCH3 is 2. The van der Waals surface area contributed by atoms with Crippen molar-refractivity contribution in [3.63, 3.8) is 0 Å². The van der Waals surface area contributed by atoms with E-state index in [0.717, 1.165) is 24.3 Å². The number of hydrogen-bond acceptors (Lipinski definition) is 7. The number of likely N-dealkylation sites (N-methyl/N-ethyl adjacent to an activating group) is 2. The van der Waals surface area contributed by atoms with Gasteiger partial charge in [-0.05, 0) is 44.6 Å². The molecule has 2 aromatic rings. The Morgan fingerprint density at radius 2 is 2.04 bits per heavy atom. The molecule has 1 saturated heterocycles. The fourth-order valence-electron chi connectivity index (χ4n) is 3.20. The van der Waals surface area contributed by atoms with Crippen molar-refractivity contribution in [3.05, 3.63) is 24.4 Å². The third kappa shape index (κ3) is 3.82. The lowest BCUT2D eigenvalue weighted by Gasteiger charge is -2.25. The normalized spacial score (nSPS) is 17.5. The Bertz CT molecular complexity index is 724. The predicted octanol–water partition coefficient (Wildman–Crippen LogP) is 2.09. The Morgan fingerprint density at radius 3 is 2.72 bits per heavy atom. The SMILES string of the molecule is COc1ccc(-c2cnnc(N(C)CC3CCCN3C)n2)cc1OC. The summed E-state index contributed by atoms with van der Waals surface area (Å²) < 4.78 is 10.7. The second-order valence-electron chi connectivity index (χ2n) is 6.37. The molecule has 3 rings (SSSR count). The molecule has 0 spiro atoms. The standard InChI is InChI=1S/C18H25N5O2/c1-22-9-5-6-14(22)12-23(2)18-20-15(11-19-21-18)13-7-8-16(24-3)17(10-13)25-4/h7-8,10-11,14H,5-6,9,12H2,1-4H3. The Morgan fingerprint density at radius 1 is 1.24 bits per heavy atom. The molecule has 1 aromatic carbocycles. The van der Waals surface area contributed by atoms with Crippen LogP contribution in [0.1, 0.15) is 12.8 Å². The highest BCUT2D eigenvalue weighted by molar-refractivity contribution is 5.64. The molecule has 1 unspecified atom stereocenters. The van der Waals surface area contributed by atoms with Gasteiger partial charge in [-0.3, -0.25) is 0 Å². The van der Waals surface area contributed by atoms with E-state index in [-0.39, 0.29) is 0 Å². The molecular formula is C18H25N5O2. The molecule has 7 nitrogen and oxygen atoms in total. The number of ether oxygens (including phenoxy) is 2. The minimum atomic E-state index is 0.540. The molecule has 134 valence electrons. The van der Waals surface area contributed by atoms with Gasteiger partial charge < -0.3 is 19.3 Å². The van der Waals surface area contributed by atoms with Crippen molar-refractivity contribution in [1.82, 2.24) is 20.1 Å². The van der Waals surface area contributed by atoms with Gasteiger partial charge in [0.05, 0.1) is 26.1 Å². The summed E-state index contributed by atoms with van der Waals surface area (Å²) in [6.45, 7) is 2.05. The first-order valence-corrected chi connectivity index (χ1v) is 8.46. The average Bonchev–Trinajstić information content (AvgIpc) is 3.05. The van der Waals surface area contributed by atoms with Crippen LogP contribution >= 0.6 is 0 Å². The lowest BCUT2D eigenvalue weighted by Crippen LogP contribution is -2.37. The quantitative estimate of drug-likeness (QED) is 0.796. The van der Waals surface area contributed by atoms with Gasteiger partial charge in [0, 0.05) is 25.2 Å². The first kappa shape index (κ1) is 17.4. The van der Waals surface area contributed by atoms with E-state index in [1.54, 1.807) is 20.4 Å². The van der Waals surface area contributed by atoms with E-state index in [9.17, 15) is 0 Å². The maximum absolute atomic E-state index is 5.37. The van der Waals surface area contributed by atoms with Crippen molar-refractivity contribution in [3.8, 4) is 22.8 Å². The Kier molecular flexibility index (Phi) is 5.33. The maximum Gasteiger partial charge on any atom is 0.245 e. The van der Waals surface area contributed by atoms with Gasteiger partial charge in [-0.25, -0.2) is 4.98 Å². The highest BCUT2D eigenvalue weighted by Crippen LogP contribution is 2.31. The number of aromatic nitrogens is 3. The van der Waals surface area contributed by atoms with Crippen LogP contribution in [0.4, 0.5) is 5.95 Å². The van der Waals surface area contributed by atoms with Gasteiger partial charge in [0.2, 0.25) is 5.95 Å². The van der Waals surface area contributed by atoms with Crippen molar-refractivity contribution in [2.75, 3.05) is 46.3 Å². The van der Waals surface area contributed by atoms with Gasteiger partial charge in [0.1, 0.15) is 0 Å². The molecule has 0 bridgehead atoms. The van der Waals surface area contributed by atoms with Crippen molar-refractivity contribution in [1.29, 1.82) is 0 Å². The zero-order chi connectivity index (χ0) is 17.8. The van der Waals surface area contributed by atoms with E-state index < -0.39 is 0 Å². The van der Waals surface area contributed by atoms with Crippen LogP contribution in [0.2, 0.25) is 0 Å². The topological polar surface area (TPSA) is 63.6 Å². The summed E-state index contributed by atoms with van der Waals surface area (Å²) in [6.07, 6.45) is 4.13. The molecule has 0 radical (unpaired) electrons.